The number of benzene rings is 3. The van der Waals surface area contributed by atoms with Crippen LogP contribution in [-0.4, -0.2) is 53.3 Å². The molecule has 1 N–H and O–H groups in total. The fraction of sp³-hybridized carbons (Fsp3) is 0.290. The molecule has 1 aromatic heterocycles. The van der Waals surface area contributed by atoms with Crippen LogP contribution < -0.4 is 4.74 Å². The second kappa shape index (κ2) is 8.80. The van der Waals surface area contributed by atoms with Gasteiger partial charge in [-0.2, -0.15) is 0 Å². The van der Waals surface area contributed by atoms with Crippen molar-refractivity contribution in [3.63, 3.8) is 0 Å². The summed E-state index contributed by atoms with van der Waals surface area (Å²) in [4.78, 5) is 35.1. The monoisotopic (exact) mass is 493 g/mol. The molecular weight excluding hydrogens is 462 g/mol. The number of amides is 2. The van der Waals surface area contributed by atoms with Crippen molar-refractivity contribution < 1.29 is 14.3 Å². The third kappa shape index (κ3) is 3.54. The van der Waals surface area contributed by atoms with Gasteiger partial charge in [0.1, 0.15) is 5.75 Å². The zero-order valence-corrected chi connectivity index (χ0v) is 21.4. The number of para-hydroxylation sites is 2. The van der Waals surface area contributed by atoms with E-state index in [0.29, 0.717) is 13.1 Å². The molecule has 0 aliphatic carbocycles. The number of ether oxygens (including phenoxy) is 1. The van der Waals surface area contributed by atoms with E-state index in [-0.39, 0.29) is 30.2 Å². The van der Waals surface area contributed by atoms with E-state index < -0.39 is 5.54 Å². The van der Waals surface area contributed by atoms with E-state index in [1.165, 1.54) is 0 Å². The number of carbonyl (C=O) groups excluding carboxylic acids is 2. The summed E-state index contributed by atoms with van der Waals surface area (Å²) in [5, 5.41) is 1.07. The van der Waals surface area contributed by atoms with Crippen molar-refractivity contribution in [3.8, 4) is 5.75 Å². The molecule has 6 rings (SSSR count). The van der Waals surface area contributed by atoms with Crippen molar-refractivity contribution in [1.82, 2.24) is 14.8 Å². The molecular formula is C31H31N3O3. The van der Waals surface area contributed by atoms with Gasteiger partial charge in [0.15, 0.2) is 5.54 Å². The number of piperazine rings is 1. The first-order valence-electron chi connectivity index (χ1n) is 12.8. The molecule has 6 nitrogen and oxygen atoms in total. The first-order valence-corrected chi connectivity index (χ1v) is 12.8. The number of fused-ring (bicyclic) bond motifs is 5. The van der Waals surface area contributed by atoms with Gasteiger partial charge in [0.25, 0.3) is 5.91 Å². The number of H-pyrrole nitrogens is 1. The number of rotatable bonds is 5. The molecule has 188 valence electrons. The second-order valence-electron chi connectivity index (χ2n) is 10.3. The Morgan fingerprint density at radius 1 is 1.00 bits per heavy atom. The molecule has 2 aliphatic heterocycles. The number of hydrogen-bond acceptors (Lipinski definition) is 3. The lowest BCUT2D eigenvalue weighted by molar-refractivity contribution is -0.166. The van der Waals surface area contributed by atoms with Crippen LogP contribution in [0.25, 0.3) is 10.9 Å². The van der Waals surface area contributed by atoms with Crippen LogP contribution in [0, 0.1) is 0 Å². The maximum absolute atomic E-state index is 14.3. The van der Waals surface area contributed by atoms with Crippen molar-refractivity contribution in [2.75, 3.05) is 26.7 Å². The van der Waals surface area contributed by atoms with E-state index in [2.05, 4.69) is 36.2 Å². The predicted molar refractivity (Wildman–Crippen MR) is 144 cm³/mol. The maximum Gasteiger partial charge on any atom is 0.254 e. The molecule has 1 fully saturated rings. The Morgan fingerprint density at radius 3 is 2.49 bits per heavy atom. The fourth-order valence-electron chi connectivity index (χ4n) is 6.28. The molecule has 0 radical (unpaired) electrons. The fourth-order valence-corrected chi connectivity index (χ4v) is 6.28. The summed E-state index contributed by atoms with van der Waals surface area (Å²) in [6, 6.07) is 26.2. The summed E-state index contributed by atoms with van der Waals surface area (Å²) in [5.41, 5.74) is 3.88. The Bertz CT molecular complexity index is 1490. The van der Waals surface area contributed by atoms with Gasteiger partial charge in [-0.05, 0) is 36.1 Å². The zero-order valence-electron chi connectivity index (χ0n) is 21.4. The standard InChI is InChI=1S/C31H31N3O3/c1-20(21-11-5-4-6-12-21)17-33-19-27(35)34-18-24(22-13-8-10-16-26(22)37-3)28-23-14-7-9-15-25(23)32-29(28)31(34,2)30(33)36/h4-16,20,24,32H,17-19H2,1-3H3/t20-,24-,31-/m0/s1. The number of aromatic amines is 1. The van der Waals surface area contributed by atoms with Crippen LogP contribution in [0.1, 0.15) is 48.1 Å². The highest BCUT2D eigenvalue weighted by molar-refractivity contribution is 6.01. The average Bonchev–Trinajstić information content (AvgIpc) is 3.33. The highest BCUT2D eigenvalue weighted by Gasteiger charge is 2.56. The molecule has 37 heavy (non-hydrogen) atoms. The topological polar surface area (TPSA) is 65.6 Å². The Hall–Kier alpha value is -4.06. The number of hydrogen-bond donors (Lipinski definition) is 1. The van der Waals surface area contributed by atoms with E-state index in [1.54, 1.807) is 16.9 Å². The van der Waals surface area contributed by atoms with Crippen LogP contribution in [-0.2, 0) is 15.1 Å². The average molecular weight is 494 g/mol. The van der Waals surface area contributed by atoms with E-state index in [9.17, 15) is 9.59 Å². The van der Waals surface area contributed by atoms with Crippen molar-refractivity contribution in [3.05, 3.63) is 101 Å². The minimum absolute atomic E-state index is 0.0356. The molecule has 0 unspecified atom stereocenters. The van der Waals surface area contributed by atoms with E-state index >= 15 is 0 Å². The van der Waals surface area contributed by atoms with Crippen LogP contribution in [0.4, 0.5) is 0 Å². The minimum atomic E-state index is -1.11. The summed E-state index contributed by atoms with van der Waals surface area (Å²) in [5.74, 6) is 0.691. The molecule has 1 saturated heterocycles. The van der Waals surface area contributed by atoms with Gasteiger partial charge >= 0.3 is 0 Å². The van der Waals surface area contributed by atoms with Gasteiger partial charge in [0.05, 0.1) is 19.3 Å². The molecule has 2 amide bonds. The first-order chi connectivity index (χ1) is 17.9. The molecule has 0 spiro atoms. The number of nitrogens with zero attached hydrogens (tertiary/aromatic N) is 2. The van der Waals surface area contributed by atoms with Gasteiger partial charge in [0, 0.05) is 35.5 Å². The third-order valence-electron chi connectivity index (χ3n) is 8.19. The van der Waals surface area contributed by atoms with Gasteiger partial charge in [-0.3, -0.25) is 9.59 Å². The van der Waals surface area contributed by atoms with Crippen molar-refractivity contribution >= 4 is 22.7 Å². The van der Waals surface area contributed by atoms with Crippen molar-refractivity contribution in [1.29, 1.82) is 0 Å². The normalized spacial score (nSPS) is 22.1. The quantitative estimate of drug-likeness (QED) is 0.425. The molecule has 4 aromatic rings. The van der Waals surface area contributed by atoms with Gasteiger partial charge in [-0.15, -0.1) is 0 Å². The first kappa shape index (κ1) is 23.3. The van der Waals surface area contributed by atoms with Gasteiger partial charge in [0.2, 0.25) is 5.91 Å². The maximum atomic E-state index is 14.3. The van der Waals surface area contributed by atoms with Crippen molar-refractivity contribution in [2.24, 2.45) is 0 Å². The van der Waals surface area contributed by atoms with Crippen LogP contribution in [0.2, 0.25) is 0 Å². The Kier molecular flexibility index (Phi) is 5.55. The summed E-state index contributed by atoms with van der Waals surface area (Å²) >= 11 is 0. The lowest BCUT2D eigenvalue weighted by Gasteiger charge is -2.51. The Balaban J connectivity index is 1.48. The Labute approximate surface area is 216 Å². The molecule has 0 bridgehead atoms. The lowest BCUT2D eigenvalue weighted by atomic mass is 9.76. The minimum Gasteiger partial charge on any atom is -0.496 e. The predicted octanol–water partition coefficient (Wildman–Crippen LogP) is 5.01. The summed E-state index contributed by atoms with van der Waals surface area (Å²) in [6.45, 7) is 5.00. The number of nitrogens with one attached hydrogen (secondary N) is 1. The van der Waals surface area contributed by atoms with Crippen LogP contribution in [0.5, 0.6) is 5.75 Å². The summed E-state index contributed by atoms with van der Waals surface area (Å²) in [6.07, 6.45) is 0. The summed E-state index contributed by atoms with van der Waals surface area (Å²) < 4.78 is 5.73. The van der Waals surface area contributed by atoms with Gasteiger partial charge in [-0.1, -0.05) is 73.7 Å². The zero-order chi connectivity index (χ0) is 25.7. The molecule has 0 saturated carbocycles. The smallest absolute Gasteiger partial charge is 0.254 e. The molecule has 2 aliphatic rings. The van der Waals surface area contributed by atoms with Crippen LogP contribution in [0.3, 0.4) is 0 Å². The van der Waals surface area contributed by atoms with E-state index in [4.69, 9.17) is 4.74 Å². The van der Waals surface area contributed by atoms with Crippen molar-refractivity contribution in [2.45, 2.75) is 31.2 Å². The Morgan fingerprint density at radius 2 is 1.70 bits per heavy atom. The SMILES string of the molecule is COc1ccccc1[C@@H]1CN2C(=O)CN(C[C@H](C)c3ccccc3)C(=O)[C@]2(C)c2[nH]c3ccccc3c21. The highest BCUT2D eigenvalue weighted by atomic mass is 16.5. The van der Waals surface area contributed by atoms with E-state index in [1.807, 2.05) is 61.5 Å². The van der Waals surface area contributed by atoms with Crippen LogP contribution >= 0.6 is 0 Å². The summed E-state index contributed by atoms with van der Waals surface area (Å²) in [7, 11) is 1.67. The number of aromatic nitrogens is 1. The number of methoxy groups -OCH3 is 1. The molecule has 3 heterocycles. The van der Waals surface area contributed by atoms with E-state index in [0.717, 1.165) is 39.0 Å². The van der Waals surface area contributed by atoms with Crippen LogP contribution in [0.15, 0.2) is 78.9 Å². The third-order valence-corrected chi connectivity index (χ3v) is 8.19. The van der Waals surface area contributed by atoms with Gasteiger partial charge in [-0.25, -0.2) is 0 Å². The molecule has 6 heteroatoms. The largest absolute Gasteiger partial charge is 0.496 e. The number of carbonyl (C=O) groups is 2. The molecule has 3 aromatic carbocycles. The lowest BCUT2D eigenvalue weighted by Crippen LogP contribution is -2.67. The highest BCUT2D eigenvalue weighted by Crippen LogP contribution is 2.49. The second-order valence-corrected chi connectivity index (χ2v) is 10.3. The molecule has 3 atom stereocenters. The van der Waals surface area contributed by atoms with Gasteiger partial charge < -0.3 is 19.5 Å².